The molecule has 1 fully saturated rings. The monoisotopic (exact) mass is 395 g/mol. The molecule has 7 heteroatoms. The van der Waals surface area contributed by atoms with Gasteiger partial charge in [-0.05, 0) is 50.3 Å². The van der Waals surface area contributed by atoms with Crippen LogP contribution in [0, 0.1) is 18.8 Å². The van der Waals surface area contributed by atoms with Gasteiger partial charge in [-0.1, -0.05) is 6.92 Å². The van der Waals surface area contributed by atoms with E-state index in [0.29, 0.717) is 35.1 Å². The molecule has 3 atom stereocenters. The van der Waals surface area contributed by atoms with E-state index in [1.807, 2.05) is 25.1 Å². The Labute approximate surface area is 171 Å². The van der Waals surface area contributed by atoms with Crippen molar-refractivity contribution in [3.05, 3.63) is 41.2 Å². The molecule has 1 saturated carbocycles. The van der Waals surface area contributed by atoms with Crippen LogP contribution in [0.2, 0.25) is 0 Å². The fourth-order valence-corrected chi connectivity index (χ4v) is 4.74. The normalized spacial score (nSPS) is 23.4. The van der Waals surface area contributed by atoms with Crippen molar-refractivity contribution in [2.75, 3.05) is 23.9 Å². The van der Waals surface area contributed by atoms with Crippen LogP contribution in [0.25, 0.3) is 0 Å². The topological polar surface area (TPSA) is 93.4 Å². The predicted molar refractivity (Wildman–Crippen MR) is 113 cm³/mol. The average Bonchev–Trinajstić information content (AvgIpc) is 3.53. The number of ether oxygens (including phenoxy) is 1. The first-order valence-electron chi connectivity index (χ1n) is 10.3. The van der Waals surface area contributed by atoms with Gasteiger partial charge in [-0.15, -0.1) is 0 Å². The summed E-state index contributed by atoms with van der Waals surface area (Å²) in [6, 6.07) is 6.12. The highest BCUT2D eigenvalue weighted by atomic mass is 16.5. The number of carbonyl (C=O) groups excluding carboxylic acids is 1. The molecule has 0 saturated heterocycles. The molecule has 1 aliphatic heterocycles. The van der Waals surface area contributed by atoms with Crippen LogP contribution in [-0.2, 0) is 0 Å². The number of hydrogen-bond donors (Lipinski definition) is 2. The lowest BCUT2D eigenvalue weighted by Gasteiger charge is -2.47. The van der Waals surface area contributed by atoms with Crippen molar-refractivity contribution in [1.82, 2.24) is 9.97 Å². The SMILES string of the molecule is CCN1c2cc(OC)c(C(N)=O)cc2C(Nc2nccc(C)n2)[C@@H](C)C1C1CC1. The lowest BCUT2D eigenvalue weighted by molar-refractivity contribution is 0.0997. The second-order valence-electron chi connectivity index (χ2n) is 8.09. The largest absolute Gasteiger partial charge is 0.496 e. The Hall–Kier alpha value is -2.83. The minimum Gasteiger partial charge on any atom is -0.496 e. The zero-order chi connectivity index (χ0) is 20.7. The maximum Gasteiger partial charge on any atom is 0.252 e. The van der Waals surface area contributed by atoms with Gasteiger partial charge in [0, 0.05) is 42.1 Å². The number of benzene rings is 1. The number of hydrogen-bond acceptors (Lipinski definition) is 6. The van der Waals surface area contributed by atoms with Gasteiger partial charge < -0.3 is 20.7 Å². The lowest BCUT2D eigenvalue weighted by Crippen LogP contribution is -2.49. The van der Waals surface area contributed by atoms with Crippen molar-refractivity contribution in [2.24, 2.45) is 17.6 Å². The quantitative estimate of drug-likeness (QED) is 0.779. The van der Waals surface area contributed by atoms with Gasteiger partial charge in [0.2, 0.25) is 5.95 Å². The minimum atomic E-state index is -0.491. The number of nitrogens with one attached hydrogen (secondary N) is 1. The van der Waals surface area contributed by atoms with Gasteiger partial charge in [-0.2, -0.15) is 0 Å². The van der Waals surface area contributed by atoms with Crippen molar-refractivity contribution < 1.29 is 9.53 Å². The molecule has 1 aromatic carbocycles. The number of nitrogens with zero attached hydrogens (tertiary/aromatic N) is 3. The standard InChI is InChI=1S/C22H29N5O2/c1-5-27-17-11-18(29-4)16(21(23)28)10-15(17)19(13(3)20(27)14-6-7-14)26-22-24-9-8-12(2)25-22/h8-11,13-14,19-20H,5-7H2,1-4H3,(H2,23,28)(H,24,25,26)/t13-,19?,20?/m1/s1. The maximum atomic E-state index is 12.1. The maximum absolute atomic E-state index is 12.1. The van der Waals surface area contributed by atoms with Gasteiger partial charge in [-0.3, -0.25) is 4.79 Å². The van der Waals surface area contributed by atoms with Crippen LogP contribution in [0.4, 0.5) is 11.6 Å². The Morgan fingerprint density at radius 1 is 1.38 bits per heavy atom. The van der Waals surface area contributed by atoms with Crippen LogP contribution in [0.3, 0.4) is 0 Å². The number of nitrogens with two attached hydrogens (primary N) is 1. The summed E-state index contributed by atoms with van der Waals surface area (Å²) in [5, 5.41) is 3.55. The number of anilines is 2. The number of amides is 1. The van der Waals surface area contributed by atoms with Crippen LogP contribution in [0.1, 0.15) is 54.3 Å². The lowest BCUT2D eigenvalue weighted by atomic mass is 9.79. The van der Waals surface area contributed by atoms with Gasteiger partial charge in [0.1, 0.15) is 5.75 Å². The van der Waals surface area contributed by atoms with Gasteiger partial charge in [0.25, 0.3) is 5.91 Å². The first kappa shape index (κ1) is 19.5. The number of fused-ring (bicyclic) bond motifs is 1. The third-order valence-electron chi connectivity index (χ3n) is 6.21. The summed E-state index contributed by atoms with van der Waals surface area (Å²) in [6.45, 7) is 7.30. The van der Waals surface area contributed by atoms with E-state index in [4.69, 9.17) is 10.5 Å². The zero-order valence-electron chi connectivity index (χ0n) is 17.5. The third kappa shape index (κ3) is 3.50. The number of rotatable bonds is 6. The highest BCUT2D eigenvalue weighted by Gasteiger charge is 2.46. The van der Waals surface area contributed by atoms with E-state index in [1.165, 1.54) is 12.8 Å². The summed E-state index contributed by atoms with van der Waals surface area (Å²) in [4.78, 5) is 23.5. The van der Waals surface area contributed by atoms with Crippen molar-refractivity contribution >= 4 is 17.5 Å². The number of primary amides is 1. The second kappa shape index (κ2) is 7.54. The van der Waals surface area contributed by atoms with E-state index in [1.54, 1.807) is 13.3 Å². The van der Waals surface area contributed by atoms with E-state index in [-0.39, 0.29) is 6.04 Å². The van der Waals surface area contributed by atoms with E-state index >= 15 is 0 Å². The molecule has 7 nitrogen and oxygen atoms in total. The molecule has 1 aromatic heterocycles. The van der Waals surface area contributed by atoms with Crippen LogP contribution in [-0.4, -0.2) is 35.6 Å². The molecular weight excluding hydrogens is 366 g/mol. The zero-order valence-corrected chi connectivity index (χ0v) is 17.5. The minimum absolute atomic E-state index is 0.0239. The first-order chi connectivity index (χ1) is 13.9. The summed E-state index contributed by atoms with van der Waals surface area (Å²) in [5.41, 5.74) is 9.09. The molecule has 4 rings (SSSR count). The van der Waals surface area contributed by atoms with Crippen LogP contribution in [0.15, 0.2) is 24.4 Å². The van der Waals surface area contributed by atoms with Crippen LogP contribution in [0.5, 0.6) is 5.75 Å². The number of carbonyl (C=O) groups is 1. The molecule has 154 valence electrons. The van der Waals surface area contributed by atoms with Gasteiger partial charge in [0.05, 0.1) is 18.7 Å². The highest BCUT2D eigenvalue weighted by molar-refractivity contribution is 5.97. The van der Waals surface area contributed by atoms with E-state index in [9.17, 15) is 4.79 Å². The Bertz CT molecular complexity index is 927. The average molecular weight is 396 g/mol. The van der Waals surface area contributed by atoms with Gasteiger partial charge >= 0.3 is 0 Å². The Morgan fingerprint density at radius 3 is 2.72 bits per heavy atom. The van der Waals surface area contributed by atoms with Gasteiger partial charge in [0.15, 0.2) is 0 Å². The molecule has 3 N–H and O–H groups in total. The predicted octanol–water partition coefficient (Wildman–Crippen LogP) is 3.30. The second-order valence-corrected chi connectivity index (χ2v) is 8.09. The molecule has 0 bridgehead atoms. The fourth-order valence-electron chi connectivity index (χ4n) is 4.74. The van der Waals surface area contributed by atoms with Crippen molar-refractivity contribution in [3.8, 4) is 5.75 Å². The van der Waals surface area contributed by atoms with Crippen molar-refractivity contribution in [3.63, 3.8) is 0 Å². The van der Waals surface area contributed by atoms with E-state index in [2.05, 4.69) is 34.0 Å². The summed E-state index contributed by atoms with van der Waals surface area (Å²) in [5.74, 6) is 1.62. The molecule has 2 heterocycles. The Morgan fingerprint density at radius 2 is 2.14 bits per heavy atom. The summed E-state index contributed by atoms with van der Waals surface area (Å²) >= 11 is 0. The highest BCUT2D eigenvalue weighted by Crippen LogP contribution is 2.50. The summed E-state index contributed by atoms with van der Waals surface area (Å²) in [7, 11) is 1.57. The van der Waals surface area contributed by atoms with Crippen molar-refractivity contribution in [1.29, 1.82) is 0 Å². The molecule has 2 unspecified atom stereocenters. The Balaban J connectivity index is 1.85. The molecule has 1 aliphatic carbocycles. The molecule has 1 amide bonds. The summed E-state index contributed by atoms with van der Waals surface area (Å²) < 4.78 is 5.50. The Kier molecular flexibility index (Phi) is 5.06. The molecule has 0 spiro atoms. The number of aromatic nitrogens is 2. The van der Waals surface area contributed by atoms with Crippen LogP contribution >= 0.6 is 0 Å². The smallest absolute Gasteiger partial charge is 0.252 e. The third-order valence-corrected chi connectivity index (χ3v) is 6.21. The van der Waals surface area contributed by atoms with Crippen LogP contribution < -0.4 is 20.7 Å². The first-order valence-corrected chi connectivity index (χ1v) is 10.3. The molecule has 0 radical (unpaired) electrons. The molecule has 29 heavy (non-hydrogen) atoms. The number of methoxy groups -OCH3 is 1. The summed E-state index contributed by atoms with van der Waals surface area (Å²) in [6.07, 6.45) is 4.27. The molecular formula is C22H29N5O2. The van der Waals surface area contributed by atoms with Gasteiger partial charge in [-0.25, -0.2) is 9.97 Å². The van der Waals surface area contributed by atoms with E-state index < -0.39 is 5.91 Å². The molecule has 2 aromatic rings. The number of aryl methyl sites for hydroxylation is 1. The fraction of sp³-hybridized carbons (Fsp3) is 0.500. The van der Waals surface area contributed by atoms with Crippen molar-refractivity contribution in [2.45, 2.75) is 45.7 Å². The van der Waals surface area contributed by atoms with E-state index in [0.717, 1.165) is 23.5 Å². The molecule has 2 aliphatic rings.